The van der Waals surface area contributed by atoms with E-state index >= 15 is 0 Å². The molecule has 106 valence electrons. The average Bonchev–Trinajstić information content (AvgIpc) is 2.93. The summed E-state index contributed by atoms with van der Waals surface area (Å²) in [5.41, 5.74) is 1.90. The van der Waals surface area contributed by atoms with Gasteiger partial charge in [-0.15, -0.1) is 0 Å². The van der Waals surface area contributed by atoms with Crippen molar-refractivity contribution < 1.29 is 9.21 Å². The standard InChI is InChI=1S/C15H17ClN2O2/c1-10-5-6-12(16)8-14(10)18-11(2)15(19)17-9-13-4-3-7-20-13/h3-8,11,18H,9H2,1-2H3,(H,17,19). The van der Waals surface area contributed by atoms with Gasteiger partial charge in [-0.3, -0.25) is 4.79 Å². The van der Waals surface area contributed by atoms with E-state index in [0.29, 0.717) is 11.6 Å². The summed E-state index contributed by atoms with van der Waals surface area (Å²) in [5, 5.41) is 6.60. The first kappa shape index (κ1) is 14.5. The number of carbonyl (C=O) groups is 1. The molecule has 5 heteroatoms. The van der Waals surface area contributed by atoms with Crippen LogP contribution in [0.15, 0.2) is 41.0 Å². The minimum atomic E-state index is -0.359. The maximum atomic E-state index is 12.0. The minimum Gasteiger partial charge on any atom is -0.467 e. The van der Waals surface area contributed by atoms with Gasteiger partial charge in [-0.05, 0) is 43.7 Å². The Balaban J connectivity index is 1.92. The molecule has 2 aromatic rings. The molecule has 20 heavy (non-hydrogen) atoms. The second kappa shape index (κ2) is 6.48. The Bertz CT molecular complexity index is 582. The van der Waals surface area contributed by atoms with Gasteiger partial charge in [0.2, 0.25) is 5.91 Å². The predicted molar refractivity (Wildman–Crippen MR) is 79.8 cm³/mol. The van der Waals surface area contributed by atoms with Crippen molar-refractivity contribution in [2.75, 3.05) is 5.32 Å². The molecule has 1 heterocycles. The summed E-state index contributed by atoms with van der Waals surface area (Å²) >= 11 is 5.96. The van der Waals surface area contributed by atoms with Gasteiger partial charge in [0.05, 0.1) is 12.8 Å². The highest BCUT2D eigenvalue weighted by molar-refractivity contribution is 6.30. The van der Waals surface area contributed by atoms with Crippen molar-refractivity contribution in [3.63, 3.8) is 0 Å². The van der Waals surface area contributed by atoms with E-state index in [-0.39, 0.29) is 11.9 Å². The summed E-state index contributed by atoms with van der Waals surface area (Å²) in [6.07, 6.45) is 1.58. The van der Waals surface area contributed by atoms with Gasteiger partial charge < -0.3 is 15.1 Å². The van der Waals surface area contributed by atoms with E-state index in [4.69, 9.17) is 16.0 Å². The van der Waals surface area contributed by atoms with Crippen LogP contribution in [0.4, 0.5) is 5.69 Å². The molecule has 1 aromatic carbocycles. The van der Waals surface area contributed by atoms with Crippen LogP contribution in [0.2, 0.25) is 5.02 Å². The van der Waals surface area contributed by atoms with Crippen LogP contribution >= 0.6 is 11.6 Å². The molecule has 0 aliphatic carbocycles. The summed E-state index contributed by atoms with van der Waals surface area (Å²) in [5.74, 6) is 0.630. The Morgan fingerprint density at radius 1 is 1.40 bits per heavy atom. The third-order valence-electron chi connectivity index (χ3n) is 2.98. The zero-order valence-electron chi connectivity index (χ0n) is 11.4. The van der Waals surface area contributed by atoms with Crippen LogP contribution in [-0.2, 0) is 11.3 Å². The molecule has 0 spiro atoms. The number of carbonyl (C=O) groups excluding carboxylic acids is 1. The number of rotatable bonds is 5. The Kier molecular flexibility index (Phi) is 4.69. The second-order valence-electron chi connectivity index (χ2n) is 4.62. The van der Waals surface area contributed by atoms with Gasteiger partial charge in [0.25, 0.3) is 0 Å². The van der Waals surface area contributed by atoms with Crippen LogP contribution < -0.4 is 10.6 Å². The van der Waals surface area contributed by atoms with Gasteiger partial charge in [0.1, 0.15) is 11.8 Å². The molecule has 1 aromatic heterocycles. The fourth-order valence-electron chi connectivity index (χ4n) is 1.79. The quantitative estimate of drug-likeness (QED) is 0.888. The van der Waals surface area contributed by atoms with Crippen LogP contribution in [0.25, 0.3) is 0 Å². The molecular weight excluding hydrogens is 276 g/mol. The molecule has 0 aliphatic heterocycles. The van der Waals surface area contributed by atoms with Crippen LogP contribution in [0, 0.1) is 6.92 Å². The molecule has 4 nitrogen and oxygen atoms in total. The Morgan fingerprint density at radius 2 is 2.20 bits per heavy atom. The second-order valence-corrected chi connectivity index (χ2v) is 5.06. The van der Waals surface area contributed by atoms with Gasteiger partial charge in [-0.1, -0.05) is 17.7 Å². The van der Waals surface area contributed by atoms with Crippen molar-refractivity contribution in [3.8, 4) is 0 Å². The maximum absolute atomic E-state index is 12.0. The Hall–Kier alpha value is -1.94. The Labute approximate surface area is 123 Å². The van der Waals surface area contributed by atoms with Crippen molar-refractivity contribution in [3.05, 3.63) is 52.9 Å². The molecular formula is C15H17ClN2O2. The van der Waals surface area contributed by atoms with Crippen molar-refractivity contribution >= 4 is 23.2 Å². The van der Waals surface area contributed by atoms with Crippen LogP contribution in [0.5, 0.6) is 0 Å². The summed E-state index contributed by atoms with van der Waals surface area (Å²) in [4.78, 5) is 12.0. The first-order valence-electron chi connectivity index (χ1n) is 6.39. The first-order valence-corrected chi connectivity index (χ1v) is 6.77. The fourth-order valence-corrected chi connectivity index (χ4v) is 1.96. The molecule has 0 bridgehead atoms. The third kappa shape index (κ3) is 3.78. The predicted octanol–water partition coefficient (Wildman–Crippen LogP) is 3.36. The molecule has 1 unspecified atom stereocenters. The lowest BCUT2D eigenvalue weighted by atomic mass is 10.2. The van der Waals surface area contributed by atoms with Gasteiger partial charge in [0, 0.05) is 10.7 Å². The van der Waals surface area contributed by atoms with E-state index in [1.165, 1.54) is 0 Å². The molecule has 0 fully saturated rings. The zero-order valence-corrected chi connectivity index (χ0v) is 12.2. The molecule has 0 aliphatic rings. The van der Waals surface area contributed by atoms with Gasteiger partial charge in [-0.25, -0.2) is 0 Å². The number of aryl methyl sites for hydroxylation is 1. The zero-order chi connectivity index (χ0) is 14.5. The molecule has 0 saturated heterocycles. The normalized spacial score (nSPS) is 11.9. The number of hydrogen-bond donors (Lipinski definition) is 2. The molecule has 2 N–H and O–H groups in total. The summed E-state index contributed by atoms with van der Waals surface area (Å²) in [6.45, 7) is 4.15. The van der Waals surface area contributed by atoms with Gasteiger partial charge >= 0.3 is 0 Å². The largest absolute Gasteiger partial charge is 0.467 e. The van der Waals surface area contributed by atoms with Gasteiger partial charge in [-0.2, -0.15) is 0 Å². The lowest BCUT2D eigenvalue weighted by Crippen LogP contribution is -2.37. The summed E-state index contributed by atoms with van der Waals surface area (Å²) < 4.78 is 5.16. The lowest BCUT2D eigenvalue weighted by Gasteiger charge is -2.16. The molecule has 1 amide bonds. The summed E-state index contributed by atoms with van der Waals surface area (Å²) in [7, 11) is 0. The smallest absolute Gasteiger partial charge is 0.242 e. The van der Waals surface area contributed by atoms with Crippen LogP contribution in [0.1, 0.15) is 18.2 Å². The van der Waals surface area contributed by atoms with Crippen molar-refractivity contribution in [1.82, 2.24) is 5.32 Å². The van der Waals surface area contributed by atoms with Crippen molar-refractivity contribution in [2.45, 2.75) is 26.4 Å². The fraction of sp³-hybridized carbons (Fsp3) is 0.267. The van der Waals surface area contributed by atoms with E-state index < -0.39 is 0 Å². The number of amides is 1. The third-order valence-corrected chi connectivity index (χ3v) is 3.22. The number of benzene rings is 1. The summed E-state index contributed by atoms with van der Waals surface area (Å²) in [6, 6.07) is 8.80. The minimum absolute atomic E-state index is 0.0965. The Morgan fingerprint density at radius 3 is 2.90 bits per heavy atom. The number of halogens is 1. The van der Waals surface area contributed by atoms with Gasteiger partial charge in [0.15, 0.2) is 0 Å². The highest BCUT2D eigenvalue weighted by atomic mass is 35.5. The maximum Gasteiger partial charge on any atom is 0.242 e. The van der Waals surface area contributed by atoms with Crippen molar-refractivity contribution in [1.29, 1.82) is 0 Å². The molecule has 0 saturated carbocycles. The molecule has 1 atom stereocenters. The first-order chi connectivity index (χ1) is 9.56. The van der Waals surface area contributed by atoms with E-state index in [0.717, 1.165) is 17.0 Å². The van der Waals surface area contributed by atoms with E-state index in [1.54, 1.807) is 19.3 Å². The highest BCUT2D eigenvalue weighted by Crippen LogP contribution is 2.20. The van der Waals surface area contributed by atoms with E-state index in [1.807, 2.05) is 31.2 Å². The number of nitrogens with one attached hydrogen (secondary N) is 2. The average molecular weight is 293 g/mol. The molecule has 0 radical (unpaired) electrons. The van der Waals surface area contributed by atoms with E-state index in [2.05, 4.69) is 10.6 Å². The number of anilines is 1. The van der Waals surface area contributed by atoms with E-state index in [9.17, 15) is 4.79 Å². The molecule has 2 rings (SSSR count). The number of hydrogen-bond acceptors (Lipinski definition) is 3. The highest BCUT2D eigenvalue weighted by Gasteiger charge is 2.13. The van der Waals surface area contributed by atoms with Crippen LogP contribution in [-0.4, -0.2) is 11.9 Å². The monoisotopic (exact) mass is 292 g/mol. The SMILES string of the molecule is Cc1ccc(Cl)cc1NC(C)C(=O)NCc1ccco1. The lowest BCUT2D eigenvalue weighted by molar-refractivity contribution is -0.121. The topological polar surface area (TPSA) is 54.3 Å². The number of furan rings is 1. The van der Waals surface area contributed by atoms with Crippen LogP contribution in [0.3, 0.4) is 0 Å². The van der Waals surface area contributed by atoms with Crippen molar-refractivity contribution in [2.24, 2.45) is 0 Å².